The van der Waals surface area contributed by atoms with Crippen LogP contribution in [0.5, 0.6) is 0 Å². The highest BCUT2D eigenvalue weighted by molar-refractivity contribution is 4.94. The summed E-state index contributed by atoms with van der Waals surface area (Å²) < 4.78 is 3.54. The van der Waals surface area contributed by atoms with Crippen molar-refractivity contribution in [2.75, 3.05) is 0 Å². The number of hydrogen-bond donors (Lipinski definition) is 0. The van der Waals surface area contributed by atoms with Crippen LogP contribution in [0.25, 0.3) is 0 Å². The SMILES string of the molecule is CCn1ccnc1Cn1cccnc1=O. The topological polar surface area (TPSA) is 52.7 Å². The fraction of sp³-hybridized carbons (Fsp3) is 0.300. The Hall–Kier alpha value is -1.91. The average molecular weight is 204 g/mol. The van der Waals surface area contributed by atoms with Gasteiger partial charge in [-0.05, 0) is 13.0 Å². The lowest BCUT2D eigenvalue weighted by Crippen LogP contribution is -2.23. The zero-order valence-corrected chi connectivity index (χ0v) is 8.50. The molecule has 0 aromatic carbocycles. The van der Waals surface area contributed by atoms with E-state index in [-0.39, 0.29) is 5.69 Å². The van der Waals surface area contributed by atoms with Crippen molar-refractivity contribution >= 4 is 0 Å². The predicted molar refractivity (Wildman–Crippen MR) is 55.5 cm³/mol. The Bertz CT molecular complexity index is 500. The second-order valence-electron chi connectivity index (χ2n) is 3.16. The van der Waals surface area contributed by atoms with Crippen molar-refractivity contribution in [1.82, 2.24) is 19.1 Å². The first-order chi connectivity index (χ1) is 7.31. The van der Waals surface area contributed by atoms with Crippen LogP contribution < -0.4 is 5.69 Å². The minimum Gasteiger partial charge on any atom is -0.334 e. The molecule has 2 aromatic heterocycles. The first-order valence-corrected chi connectivity index (χ1v) is 4.82. The fourth-order valence-electron chi connectivity index (χ4n) is 1.44. The van der Waals surface area contributed by atoms with Crippen LogP contribution >= 0.6 is 0 Å². The highest BCUT2D eigenvalue weighted by atomic mass is 16.1. The van der Waals surface area contributed by atoms with Crippen molar-refractivity contribution in [1.29, 1.82) is 0 Å². The lowest BCUT2D eigenvalue weighted by molar-refractivity contribution is 0.628. The molecule has 0 saturated carbocycles. The van der Waals surface area contributed by atoms with Gasteiger partial charge >= 0.3 is 5.69 Å². The van der Waals surface area contributed by atoms with Crippen LogP contribution in [0.4, 0.5) is 0 Å². The monoisotopic (exact) mass is 204 g/mol. The minimum absolute atomic E-state index is 0.247. The third kappa shape index (κ3) is 1.96. The Morgan fingerprint density at radius 1 is 1.20 bits per heavy atom. The van der Waals surface area contributed by atoms with E-state index in [1.54, 1.807) is 18.5 Å². The highest BCUT2D eigenvalue weighted by Crippen LogP contribution is 1.98. The zero-order valence-electron chi connectivity index (χ0n) is 8.50. The fourth-order valence-corrected chi connectivity index (χ4v) is 1.44. The Kier molecular flexibility index (Phi) is 2.62. The molecule has 0 amide bonds. The number of nitrogens with zero attached hydrogens (tertiary/aromatic N) is 4. The molecule has 78 valence electrons. The molecule has 0 atom stereocenters. The highest BCUT2D eigenvalue weighted by Gasteiger charge is 2.02. The maximum absolute atomic E-state index is 11.4. The molecule has 5 nitrogen and oxygen atoms in total. The van der Waals surface area contributed by atoms with E-state index >= 15 is 0 Å². The van der Waals surface area contributed by atoms with E-state index < -0.39 is 0 Å². The van der Waals surface area contributed by atoms with Crippen LogP contribution in [0.3, 0.4) is 0 Å². The molecule has 15 heavy (non-hydrogen) atoms. The largest absolute Gasteiger partial charge is 0.347 e. The Labute approximate surface area is 87.0 Å². The molecule has 0 bridgehead atoms. The molecule has 0 radical (unpaired) electrons. The smallest absolute Gasteiger partial charge is 0.334 e. The molecular weight excluding hydrogens is 192 g/mol. The van der Waals surface area contributed by atoms with Gasteiger partial charge in [0.15, 0.2) is 0 Å². The number of hydrogen-bond acceptors (Lipinski definition) is 3. The van der Waals surface area contributed by atoms with Crippen molar-refractivity contribution in [3.8, 4) is 0 Å². The summed E-state index contributed by atoms with van der Waals surface area (Å²) in [5, 5.41) is 0. The van der Waals surface area contributed by atoms with Crippen LogP contribution in [0.1, 0.15) is 12.7 Å². The summed E-state index contributed by atoms with van der Waals surface area (Å²) in [5.74, 6) is 0.868. The van der Waals surface area contributed by atoms with Crippen LogP contribution in [0.2, 0.25) is 0 Å². The van der Waals surface area contributed by atoms with E-state index in [1.165, 1.54) is 10.8 Å². The maximum atomic E-state index is 11.4. The maximum Gasteiger partial charge on any atom is 0.347 e. The molecular formula is C10H12N4O. The van der Waals surface area contributed by atoms with Gasteiger partial charge in [-0.2, -0.15) is 0 Å². The normalized spacial score (nSPS) is 10.5. The van der Waals surface area contributed by atoms with Crippen molar-refractivity contribution in [2.45, 2.75) is 20.0 Å². The van der Waals surface area contributed by atoms with E-state index in [2.05, 4.69) is 9.97 Å². The zero-order chi connectivity index (χ0) is 10.7. The van der Waals surface area contributed by atoms with Crippen molar-refractivity contribution in [3.63, 3.8) is 0 Å². The molecule has 0 saturated heterocycles. The first-order valence-electron chi connectivity index (χ1n) is 4.82. The molecule has 0 aliphatic heterocycles. The number of aryl methyl sites for hydroxylation is 1. The van der Waals surface area contributed by atoms with Gasteiger partial charge in [0.2, 0.25) is 0 Å². The number of imidazole rings is 1. The molecule has 0 spiro atoms. The van der Waals surface area contributed by atoms with Crippen LogP contribution in [0.15, 0.2) is 35.6 Å². The standard InChI is InChI=1S/C10H12N4O/c1-2-13-7-5-11-9(13)8-14-6-3-4-12-10(14)15/h3-7H,2,8H2,1H3. The van der Waals surface area contributed by atoms with Crippen molar-refractivity contribution in [3.05, 3.63) is 47.2 Å². The second-order valence-corrected chi connectivity index (χ2v) is 3.16. The van der Waals surface area contributed by atoms with E-state index in [1.807, 2.05) is 17.7 Å². The lowest BCUT2D eigenvalue weighted by atomic mass is 10.5. The summed E-state index contributed by atoms with van der Waals surface area (Å²) in [5.41, 5.74) is -0.247. The minimum atomic E-state index is -0.247. The molecule has 0 aliphatic carbocycles. The summed E-state index contributed by atoms with van der Waals surface area (Å²) in [6.45, 7) is 3.36. The van der Waals surface area contributed by atoms with Gasteiger partial charge in [-0.25, -0.2) is 14.8 Å². The third-order valence-corrected chi connectivity index (χ3v) is 2.24. The molecule has 2 heterocycles. The lowest BCUT2D eigenvalue weighted by Gasteiger charge is -2.05. The van der Waals surface area contributed by atoms with Gasteiger partial charge in [0.1, 0.15) is 5.82 Å². The van der Waals surface area contributed by atoms with Gasteiger partial charge in [0.05, 0.1) is 6.54 Å². The van der Waals surface area contributed by atoms with Crippen molar-refractivity contribution in [2.24, 2.45) is 0 Å². The van der Waals surface area contributed by atoms with E-state index in [0.717, 1.165) is 12.4 Å². The molecule has 5 heteroatoms. The van der Waals surface area contributed by atoms with Gasteiger partial charge in [0, 0.05) is 31.3 Å². The Morgan fingerprint density at radius 3 is 2.80 bits per heavy atom. The summed E-state index contributed by atoms with van der Waals surface area (Å²) in [6.07, 6.45) is 6.84. The number of aromatic nitrogens is 4. The van der Waals surface area contributed by atoms with Gasteiger partial charge < -0.3 is 4.57 Å². The Morgan fingerprint density at radius 2 is 2.07 bits per heavy atom. The molecule has 0 aliphatic rings. The van der Waals surface area contributed by atoms with Crippen LogP contribution in [0, 0.1) is 0 Å². The van der Waals surface area contributed by atoms with Crippen LogP contribution in [-0.4, -0.2) is 19.1 Å². The van der Waals surface area contributed by atoms with E-state index in [9.17, 15) is 4.79 Å². The summed E-state index contributed by atoms with van der Waals surface area (Å²) in [6, 6.07) is 1.74. The average Bonchev–Trinajstić information content (AvgIpc) is 2.69. The van der Waals surface area contributed by atoms with Gasteiger partial charge in [-0.3, -0.25) is 4.57 Å². The van der Waals surface area contributed by atoms with Crippen LogP contribution in [-0.2, 0) is 13.1 Å². The quantitative estimate of drug-likeness (QED) is 0.732. The first kappa shape index (κ1) is 9.64. The van der Waals surface area contributed by atoms with Crippen molar-refractivity contribution < 1.29 is 0 Å². The third-order valence-electron chi connectivity index (χ3n) is 2.24. The molecule has 0 unspecified atom stereocenters. The second kappa shape index (κ2) is 4.08. The molecule has 2 rings (SSSR count). The molecule has 0 N–H and O–H groups in total. The summed E-state index contributed by atoms with van der Waals surface area (Å²) >= 11 is 0. The van der Waals surface area contributed by atoms with Gasteiger partial charge in [-0.15, -0.1) is 0 Å². The predicted octanol–water partition coefficient (Wildman–Crippen LogP) is 0.508. The Balaban J connectivity index is 2.30. The van der Waals surface area contributed by atoms with Gasteiger partial charge in [0.25, 0.3) is 0 Å². The molecule has 0 fully saturated rings. The molecule has 2 aromatic rings. The summed E-state index contributed by atoms with van der Waals surface area (Å²) in [7, 11) is 0. The number of rotatable bonds is 3. The van der Waals surface area contributed by atoms with E-state index in [4.69, 9.17) is 0 Å². The van der Waals surface area contributed by atoms with E-state index in [0.29, 0.717) is 6.54 Å². The summed E-state index contributed by atoms with van der Waals surface area (Å²) in [4.78, 5) is 19.2. The van der Waals surface area contributed by atoms with Gasteiger partial charge in [-0.1, -0.05) is 0 Å².